The molecular formula is C18H29IN4O3. The average Bonchev–Trinajstić information content (AvgIpc) is 3.12. The fourth-order valence-corrected chi connectivity index (χ4v) is 2.95. The summed E-state index contributed by atoms with van der Waals surface area (Å²) in [6.07, 6.45) is 2.31. The molecule has 1 aromatic rings. The van der Waals surface area contributed by atoms with Gasteiger partial charge in [0.2, 0.25) is 6.79 Å². The third kappa shape index (κ3) is 6.48. The molecule has 0 amide bonds. The SMILES string of the molecule is CN=C(NCCCCN1CCOCC1)NCc1ccc2c(c1)OCO2.I. The van der Waals surface area contributed by atoms with Gasteiger partial charge in [-0.2, -0.15) is 0 Å². The van der Waals surface area contributed by atoms with Crippen LogP contribution in [0.1, 0.15) is 18.4 Å². The zero-order chi connectivity index (χ0) is 17.3. The quantitative estimate of drug-likeness (QED) is 0.271. The lowest BCUT2D eigenvalue weighted by atomic mass is 10.2. The molecule has 2 aliphatic heterocycles. The molecule has 0 unspecified atom stereocenters. The van der Waals surface area contributed by atoms with Gasteiger partial charge in [-0.3, -0.25) is 9.89 Å². The Morgan fingerprint density at radius 3 is 2.73 bits per heavy atom. The molecule has 0 saturated carbocycles. The van der Waals surface area contributed by atoms with Gasteiger partial charge in [0.1, 0.15) is 0 Å². The van der Waals surface area contributed by atoms with Crippen LogP contribution in [0.5, 0.6) is 11.5 Å². The normalized spacial score (nSPS) is 16.9. The first-order valence-corrected chi connectivity index (χ1v) is 8.98. The lowest BCUT2D eigenvalue weighted by molar-refractivity contribution is 0.0372. The standard InChI is InChI=1S/C18H28N4O3.HI/c1-19-18(20-6-2-3-7-22-8-10-23-11-9-22)21-13-15-4-5-16-17(12-15)25-14-24-16;/h4-5,12H,2-3,6-11,13-14H2,1H3,(H2,19,20,21);1H. The molecular weight excluding hydrogens is 447 g/mol. The first kappa shape index (κ1) is 21.0. The molecule has 146 valence electrons. The van der Waals surface area contributed by atoms with Crippen LogP contribution in [0.3, 0.4) is 0 Å². The molecule has 0 aromatic heterocycles. The van der Waals surface area contributed by atoms with Gasteiger partial charge in [0.05, 0.1) is 13.2 Å². The van der Waals surface area contributed by atoms with E-state index in [1.165, 1.54) is 6.42 Å². The summed E-state index contributed by atoms with van der Waals surface area (Å²) in [6, 6.07) is 5.99. The van der Waals surface area contributed by atoms with Gasteiger partial charge >= 0.3 is 0 Å². The summed E-state index contributed by atoms with van der Waals surface area (Å²) in [6.45, 7) is 6.94. The third-order valence-electron chi connectivity index (χ3n) is 4.42. The summed E-state index contributed by atoms with van der Waals surface area (Å²) in [5.74, 6) is 2.45. The van der Waals surface area contributed by atoms with E-state index in [-0.39, 0.29) is 24.0 Å². The van der Waals surface area contributed by atoms with Crippen molar-refractivity contribution in [3.8, 4) is 11.5 Å². The summed E-state index contributed by atoms with van der Waals surface area (Å²) >= 11 is 0. The van der Waals surface area contributed by atoms with Gasteiger partial charge in [0.25, 0.3) is 0 Å². The lowest BCUT2D eigenvalue weighted by Crippen LogP contribution is -2.38. The molecule has 2 heterocycles. The Labute approximate surface area is 172 Å². The zero-order valence-electron chi connectivity index (χ0n) is 15.3. The number of benzene rings is 1. The second-order valence-electron chi connectivity index (χ2n) is 6.20. The number of aliphatic imine (C=N–C) groups is 1. The van der Waals surface area contributed by atoms with Crippen molar-refractivity contribution in [2.24, 2.45) is 4.99 Å². The number of hydrogen-bond donors (Lipinski definition) is 2. The Morgan fingerprint density at radius 1 is 1.12 bits per heavy atom. The number of fused-ring (bicyclic) bond motifs is 1. The molecule has 1 aromatic carbocycles. The summed E-state index contributed by atoms with van der Waals surface area (Å²) < 4.78 is 16.1. The van der Waals surface area contributed by atoms with Crippen molar-refractivity contribution in [1.29, 1.82) is 0 Å². The maximum absolute atomic E-state index is 5.41. The number of nitrogens with zero attached hydrogens (tertiary/aromatic N) is 2. The van der Waals surface area contributed by atoms with Crippen LogP contribution < -0.4 is 20.1 Å². The molecule has 1 fully saturated rings. The zero-order valence-corrected chi connectivity index (χ0v) is 17.7. The predicted octanol–water partition coefficient (Wildman–Crippen LogP) is 1.81. The number of halogens is 1. The average molecular weight is 476 g/mol. The number of guanidine groups is 1. The number of unbranched alkanes of at least 4 members (excludes halogenated alkanes) is 1. The Kier molecular flexibility index (Phi) is 9.27. The van der Waals surface area contributed by atoms with Crippen molar-refractivity contribution in [1.82, 2.24) is 15.5 Å². The van der Waals surface area contributed by atoms with E-state index in [4.69, 9.17) is 14.2 Å². The highest BCUT2D eigenvalue weighted by Gasteiger charge is 2.13. The smallest absolute Gasteiger partial charge is 0.231 e. The van der Waals surface area contributed by atoms with E-state index in [0.29, 0.717) is 13.3 Å². The van der Waals surface area contributed by atoms with Crippen LogP contribution in [0, 0.1) is 0 Å². The number of rotatable bonds is 7. The molecule has 0 spiro atoms. The topological polar surface area (TPSA) is 67.4 Å². The van der Waals surface area contributed by atoms with Crippen LogP contribution in [0.25, 0.3) is 0 Å². The molecule has 26 heavy (non-hydrogen) atoms. The van der Waals surface area contributed by atoms with Gasteiger partial charge < -0.3 is 24.8 Å². The van der Waals surface area contributed by atoms with E-state index in [1.54, 1.807) is 7.05 Å². The second-order valence-corrected chi connectivity index (χ2v) is 6.20. The highest BCUT2D eigenvalue weighted by atomic mass is 127. The van der Waals surface area contributed by atoms with Crippen LogP contribution in [-0.2, 0) is 11.3 Å². The fourth-order valence-electron chi connectivity index (χ4n) is 2.95. The summed E-state index contributed by atoms with van der Waals surface area (Å²) in [4.78, 5) is 6.74. The molecule has 7 nitrogen and oxygen atoms in total. The van der Waals surface area contributed by atoms with Crippen molar-refractivity contribution in [3.05, 3.63) is 23.8 Å². The van der Waals surface area contributed by atoms with Crippen molar-refractivity contribution in [2.45, 2.75) is 19.4 Å². The number of morpholine rings is 1. The van der Waals surface area contributed by atoms with E-state index in [0.717, 1.165) is 68.8 Å². The van der Waals surface area contributed by atoms with E-state index in [9.17, 15) is 0 Å². The highest BCUT2D eigenvalue weighted by Crippen LogP contribution is 2.32. The van der Waals surface area contributed by atoms with E-state index in [2.05, 4.69) is 20.5 Å². The van der Waals surface area contributed by atoms with E-state index >= 15 is 0 Å². The summed E-state index contributed by atoms with van der Waals surface area (Å²) in [5.41, 5.74) is 1.14. The van der Waals surface area contributed by atoms with Crippen molar-refractivity contribution < 1.29 is 14.2 Å². The molecule has 0 bridgehead atoms. The Hall–Kier alpha value is -1.26. The van der Waals surface area contributed by atoms with Crippen molar-refractivity contribution in [2.75, 3.05) is 53.2 Å². The van der Waals surface area contributed by atoms with Crippen LogP contribution in [0.4, 0.5) is 0 Å². The molecule has 0 atom stereocenters. The van der Waals surface area contributed by atoms with Crippen LogP contribution >= 0.6 is 24.0 Å². The van der Waals surface area contributed by atoms with Crippen LogP contribution in [0.15, 0.2) is 23.2 Å². The molecule has 0 aliphatic carbocycles. The van der Waals surface area contributed by atoms with E-state index < -0.39 is 0 Å². The molecule has 2 N–H and O–H groups in total. The number of ether oxygens (including phenoxy) is 3. The number of nitrogens with one attached hydrogen (secondary N) is 2. The minimum Gasteiger partial charge on any atom is -0.454 e. The molecule has 3 rings (SSSR count). The first-order valence-electron chi connectivity index (χ1n) is 8.98. The number of hydrogen-bond acceptors (Lipinski definition) is 5. The Bertz CT molecular complexity index is 580. The predicted molar refractivity (Wildman–Crippen MR) is 113 cm³/mol. The highest BCUT2D eigenvalue weighted by molar-refractivity contribution is 14.0. The largest absolute Gasteiger partial charge is 0.454 e. The van der Waals surface area contributed by atoms with Crippen LogP contribution in [-0.4, -0.2) is 64.1 Å². The molecule has 1 saturated heterocycles. The summed E-state index contributed by atoms with van der Waals surface area (Å²) in [5, 5.41) is 6.70. The van der Waals surface area contributed by atoms with Crippen LogP contribution in [0.2, 0.25) is 0 Å². The van der Waals surface area contributed by atoms with Gasteiger partial charge in [-0.25, -0.2) is 0 Å². The maximum atomic E-state index is 5.41. The Balaban J connectivity index is 0.00000243. The van der Waals surface area contributed by atoms with Gasteiger partial charge in [-0.15, -0.1) is 24.0 Å². The Morgan fingerprint density at radius 2 is 1.92 bits per heavy atom. The van der Waals surface area contributed by atoms with Crippen molar-refractivity contribution in [3.63, 3.8) is 0 Å². The molecule has 8 heteroatoms. The maximum Gasteiger partial charge on any atom is 0.231 e. The summed E-state index contributed by atoms with van der Waals surface area (Å²) in [7, 11) is 1.79. The van der Waals surface area contributed by atoms with Gasteiger partial charge in [0, 0.05) is 33.2 Å². The van der Waals surface area contributed by atoms with Gasteiger partial charge in [-0.1, -0.05) is 6.07 Å². The lowest BCUT2D eigenvalue weighted by Gasteiger charge is -2.26. The first-order chi connectivity index (χ1) is 12.3. The monoisotopic (exact) mass is 476 g/mol. The van der Waals surface area contributed by atoms with Gasteiger partial charge in [0.15, 0.2) is 17.5 Å². The third-order valence-corrected chi connectivity index (χ3v) is 4.42. The van der Waals surface area contributed by atoms with E-state index in [1.807, 2.05) is 18.2 Å². The van der Waals surface area contributed by atoms with Gasteiger partial charge in [-0.05, 0) is 37.1 Å². The fraction of sp³-hybridized carbons (Fsp3) is 0.611. The molecule has 0 radical (unpaired) electrons. The second kappa shape index (κ2) is 11.5. The molecule has 2 aliphatic rings. The minimum atomic E-state index is 0. The van der Waals surface area contributed by atoms with Crippen molar-refractivity contribution >= 4 is 29.9 Å². The minimum absolute atomic E-state index is 0.